The lowest BCUT2D eigenvalue weighted by Crippen LogP contribution is -1.98. The highest BCUT2D eigenvalue weighted by Crippen LogP contribution is 2.49. The third kappa shape index (κ3) is 3.28. The molecule has 124 valence electrons. The van der Waals surface area contributed by atoms with E-state index in [1.165, 1.54) is 52.7 Å². The van der Waals surface area contributed by atoms with Gasteiger partial charge in [-0.3, -0.25) is 0 Å². The maximum Gasteiger partial charge on any atom is 0.211 e. The predicted octanol–water partition coefficient (Wildman–Crippen LogP) is 2.92. The van der Waals surface area contributed by atoms with Gasteiger partial charge in [-0.25, -0.2) is 0 Å². The zero-order valence-corrected chi connectivity index (χ0v) is 13.2. The highest BCUT2D eigenvalue weighted by molar-refractivity contribution is 5.62. The van der Waals surface area contributed by atoms with Gasteiger partial charge in [0.25, 0.3) is 0 Å². The summed E-state index contributed by atoms with van der Waals surface area (Å²) in [6.07, 6.45) is 0. The summed E-state index contributed by atoms with van der Waals surface area (Å²) in [6, 6.07) is 5.54. The molecule has 2 rings (SSSR count). The zero-order chi connectivity index (χ0) is 17.0. The molecule has 2 N–H and O–H groups in total. The molecule has 0 radical (unpaired) electrons. The van der Waals surface area contributed by atoms with Crippen LogP contribution in [0.15, 0.2) is 24.3 Å². The van der Waals surface area contributed by atoms with Crippen LogP contribution in [-0.2, 0) is 0 Å². The van der Waals surface area contributed by atoms with Gasteiger partial charge in [-0.05, 0) is 0 Å². The first-order chi connectivity index (χ1) is 11.0. The van der Waals surface area contributed by atoms with Crippen molar-refractivity contribution < 1.29 is 33.9 Å². The minimum Gasteiger partial charge on any atom is -0.508 e. The first-order valence-electron chi connectivity index (χ1n) is 6.61. The molecule has 7 heteroatoms. The fourth-order valence-electron chi connectivity index (χ4n) is 2.04. The van der Waals surface area contributed by atoms with Crippen LogP contribution in [0.5, 0.6) is 46.0 Å². The minimum atomic E-state index is -0.0318. The second-order valence-corrected chi connectivity index (χ2v) is 4.46. The summed E-state index contributed by atoms with van der Waals surface area (Å²) in [5, 5.41) is 19.4. The number of methoxy groups -OCH3 is 4. The van der Waals surface area contributed by atoms with E-state index in [-0.39, 0.29) is 46.0 Å². The van der Waals surface area contributed by atoms with Crippen LogP contribution < -0.4 is 23.7 Å². The Balaban J connectivity index is 2.59. The number of phenols is 2. The maximum absolute atomic E-state index is 9.69. The summed E-state index contributed by atoms with van der Waals surface area (Å²) in [6.45, 7) is 0. The largest absolute Gasteiger partial charge is 0.508 e. The quantitative estimate of drug-likeness (QED) is 0.845. The van der Waals surface area contributed by atoms with E-state index in [4.69, 9.17) is 23.7 Å². The van der Waals surface area contributed by atoms with Gasteiger partial charge in [-0.1, -0.05) is 0 Å². The third-order valence-electron chi connectivity index (χ3n) is 3.09. The highest BCUT2D eigenvalue weighted by atomic mass is 16.6. The molecule has 23 heavy (non-hydrogen) atoms. The Hall–Kier alpha value is -2.96. The Morgan fingerprint density at radius 3 is 1.04 bits per heavy atom. The maximum atomic E-state index is 9.69. The van der Waals surface area contributed by atoms with Crippen LogP contribution in [0.4, 0.5) is 0 Å². The molecule has 0 unspecified atom stereocenters. The van der Waals surface area contributed by atoms with E-state index in [0.717, 1.165) is 0 Å². The first kappa shape index (κ1) is 16.4. The smallest absolute Gasteiger partial charge is 0.211 e. The van der Waals surface area contributed by atoms with Crippen LogP contribution in [0, 0.1) is 0 Å². The standard InChI is InChI=1S/C16H18O7/c1-19-11-5-9(17)6-12(20-2)15(11)23-16-13(21-3)7-10(18)8-14(16)22-4/h5-8,17-18H,1-4H3. The highest BCUT2D eigenvalue weighted by Gasteiger charge is 2.21. The first-order valence-corrected chi connectivity index (χ1v) is 6.61. The molecular formula is C16H18O7. The Morgan fingerprint density at radius 2 is 0.826 bits per heavy atom. The number of phenolic OH excluding ortho intramolecular Hbond substituents is 2. The minimum absolute atomic E-state index is 0.0318. The van der Waals surface area contributed by atoms with Crippen LogP contribution in [0.25, 0.3) is 0 Å². The summed E-state index contributed by atoms with van der Waals surface area (Å²) in [5.41, 5.74) is 0. The normalized spacial score (nSPS) is 10.1. The molecular weight excluding hydrogens is 304 g/mol. The van der Waals surface area contributed by atoms with Crippen molar-refractivity contribution in [1.82, 2.24) is 0 Å². The van der Waals surface area contributed by atoms with Crippen LogP contribution >= 0.6 is 0 Å². The van der Waals surface area contributed by atoms with Crippen molar-refractivity contribution in [3.63, 3.8) is 0 Å². The second-order valence-electron chi connectivity index (χ2n) is 4.46. The summed E-state index contributed by atoms with van der Waals surface area (Å²) in [5.74, 6) is 1.45. The monoisotopic (exact) mass is 322 g/mol. The van der Waals surface area contributed by atoms with Crippen molar-refractivity contribution in [2.75, 3.05) is 28.4 Å². The van der Waals surface area contributed by atoms with Crippen molar-refractivity contribution in [2.24, 2.45) is 0 Å². The lowest BCUT2D eigenvalue weighted by Gasteiger charge is -2.18. The van der Waals surface area contributed by atoms with Gasteiger partial charge < -0.3 is 33.9 Å². The van der Waals surface area contributed by atoms with Gasteiger partial charge in [0.1, 0.15) is 11.5 Å². The van der Waals surface area contributed by atoms with Gasteiger partial charge in [-0.2, -0.15) is 0 Å². The van der Waals surface area contributed by atoms with Crippen molar-refractivity contribution in [1.29, 1.82) is 0 Å². The molecule has 2 aromatic carbocycles. The second kappa shape index (κ2) is 6.87. The van der Waals surface area contributed by atoms with Crippen molar-refractivity contribution in [3.05, 3.63) is 24.3 Å². The van der Waals surface area contributed by atoms with Gasteiger partial charge in [0.05, 0.1) is 28.4 Å². The van der Waals surface area contributed by atoms with Crippen molar-refractivity contribution in [2.45, 2.75) is 0 Å². The Bertz CT molecular complexity index is 587. The van der Waals surface area contributed by atoms with Gasteiger partial charge in [-0.15, -0.1) is 0 Å². The van der Waals surface area contributed by atoms with Gasteiger partial charge in [0.2, 0.25) is 11.5 Å². The van der Waals surface area contributed by atoms with E-state index in [9.17, 15) is 10.2 Å². The van der Waals surface area contributed by atoms with Crippen LogP contribution in [0.1, 0.15) is 0 Å². The Labute approximate surface area is 133 Å². The van der Waals surface area contributed by atoms with Gasteiger partial charge in [0, 0.05) is 24.3 Å². The van der Waals surface area contributed by atoms with Gasteiger partial charge >= 0.3 is 0 Å². The lowest BCUT2D eigenvalue weighted by atomic mass is 10.2. The molecule has 0 heterocycles. The number of hydrogen-bond donors (Lipinski definition) is 2. The summed E-state index contributed by atoms with van der Waals surface area (Å²) < 4.78 is 26.7. The summed E-state index contributed by atoms with van der Waals surface area (Å²) in [7, 11) is 5.75. The number of aromatic hydroxyl groups is 2. The fraction of sp³-hybridized carbons (Fsp3) is 0.250. The topological polar surface area (TPSA) is 86.6 Å². The molecule has 0 aliphatic rings. The molecule has 0 bridgehead atoms. The fourth-order valence-corrected chi connectivity index (χ4v) is 2.04. The SMILES string of the molecule is COc1cc(O)cc(OC)c1Oc1c(OC)cc(O)cc1OC. The van der Waals surface area contributed by atoms with E-state index in [1.54, 1.807) is 0 Å². The van der Waals surface area contributed by atoms with Crippen LogP contribution in [0.2, 0.25) is 0 Å². The molecule has 0 amide bonds. The number of ether oxygens (including phenoxy) is 5. The number of hydrogen-bond acceptors (Lipinski definition) is 7. The molecule has 0 saturated carbocycles. The molecule has 0 saturated heterocycles. The van der Waals surface area contributed by atoms with E-state index < -0.39 is 0 Å². The number of benzene rings is 2. The Morgan fingerprint density at radius 1 is 0.565 bits per heavy atom. The zero-order valence-electron chi connectivity index (χ0n) is 13.2. The average Bonchev–Trinajstić information content (AvgIpc) is 2.56. The molecule has 0 spiro atoms. The molecule has 2 aromatic rings. The number of rotatable bonds is 6. The summed E-state index contributed by atoms with van der Waals surface area (Å²) in [4.78, 5) is 0. The average molecular weight is 322 g/mol. The molecule has 0 aliphatic heterocycles. The van der Waals surface area contributed by atoms with Crippen molar-refractivity contribution >= 4 is 0 Å². The molecule has 0 atom stereocenters. The van der Waals surface area contributed by atoms with Crippen LogP contribution in [0.3, 0.4) is 0 Å². The van der Waals surface area contributed by atoms with Crippen LogP contribution in [-0.4, -0.2) is 38.7 Å². The molecule has 0 fully saturated rings. The van der Waals surface area contributed by atoms with E-state index in [0.29, 0.717) is 0 Å². The van der Waals surface area contributed by atoms with E-state index >= 15 is 0 Å². The molecule has 0 aromatic heterocycles. The van der Waals surface area contributed by atoms with Gasteiger partial charge in [0.15, 0.2) is 23.0 Å². The Kier molecular flexibility index (Phi) is 4.90. The van der Waals surface area contributed by atoms with E-state index in [1.807, 2.05) is 0 Å². The summed E-state index contributed by atoms with van der Waals surface area (Å²) >= 11 is 0. The molecule has 7 nitrogen and oxygen atoms in total. The third-order valence-corrected chi connectivity index (χ3v) is 3.09. The van der Waals surface area contributed by atoms with Crippen molar-refractivity contribution in [3.8, 4) is 46.0 Å². The molecule has 0 aliphatic carbocycles. The predicted molar refractivity (Wildman–Crippen MR) is 82.5 cm³/mol. The lowest BCUT2D eigenvalue weighted by molar-refractivity contribution is 0.312. The van der Waals surface area contributed by atoms with E-state index in [2.05, 4.69) is 0 Å².